The molecular weight excluding hydrogens is 444 g/mol. The fraction of sp³-hybridized carbons (Fsp3) is 0.250. The number of carbonyl (C=O) groups excluding carboxylic acids is 1. The number of hydrogen-bond acceptors (Lipinski definition) is 6. The number of anilines is 1. The molecule has 0 aromatic heterocycles. The number of hydrogen-bond donors (Lipinski definition) is 1. The molecule has 0 unspecified atom stereocenters. The maximum Gasteiger partial charge on any atom is 0.340 e. The number of allylic oxidation sites excluding steroid dienone is 2. The van der Waals surface area contributed by atoms with Crippen molar-refractivity contribution in [1.29, 1.82) is 0 Å². The lowest BCUT2D eigenvalue weighted by Crippen LogP contribution is -2.30. The normalized spacial score (nSPS) is 19.9. The van der Waals surface area contributed by atoms with Gasteiger partial charge >= 0.3 is 5.97 Å². The van der Waals surface area contributed by atoms with Crippen molar-refractivity contribution in [3.8, 4) is 5.75 Å². The zero-order chi connectivity index (χ0) is 24.4. The van der Waals surface area contributed by atoms with Crippen LogP contribution in [-0.4, -0.2) is 17.5 Å². The molecule has 178 valence electrons. The Labute approximate surface area is 203 Å². The van der Waals surface area contributed by atoms with E-state index in [4.69, 9.17) is 9.47 Å². The summed E-state index contributed by atoms with van der Waals surface area (Å²) in [5.74, 6) is 0.998. The van der Waals surface area contributed by atoms with Crippen LogP contribution in [0, 0.1) is 16.0 Å². The highest BCUT2D eigenvalue weighted by molar-refractivity contribution is 5.97. The summed E-state index contributed by atoms with van der Waals surface area (Å²) in [6, 6.07) is 20.2. The first-order valence-electron chi connectivity index (χ1n) is 11.7. The minimum Gasteiger partial charge on any atom is -0.489 e. The topological polar surface area (TPSA) is 90.7 Å². The smallest absolute Gasteiger partial charge is 0.340 e. The van der Waals surface area contributed by atoms with Crippen molar-refractivity contribution < 1.29 is 19.2 Å². The minimum absolute atomic E-state index is 0.0433. The number of carbonyl (C=O) groups is 1. The molecule has 5 rings (SSSR count). The Morgan fingerprint density at radius 2 is 1.86 bits per heavy atom. The van der Waals surface area contributed by atoms with Crippen molar-refractivity contribution in [1.82, 2.24) is 0 Å². The highest BCUT2D eigenvalue weighted by Gasteiger charge is 2.39. The Bertz CT molecular complexity index is 1270. The summed E-state index contributed by atoms with van der Waals surface area (Å²) in [5.41, 5.74) is 4.59. The van der Waals surface area contributed by atoms with E-state index >= 15 is 0 Å². The van der Waals surface area contributed by atoms with Crippen LogP contribution in [0.2, 0.25) is 0 Å². The summed E-state index contributed by atoms with van der Waals surface area (Å²) in [6.45, 7) is 2.47. The van der Waals surface area contributed by atoms with Gasteiger partial charge in [-0.3, -0.25) is 10.1 Å². The molecule has 1 aliphatic heterocycles. The average molecular weight is 471 g/mol. The minimum atomic E-state index is -0.416. The maximum atomic E-state index is 12.6. The SMILES string of the molecule is CCOC(=O)c1cccc2c1N[C@@H](c1ccc(OCc3ccc([N+](=O)[O-])cc3)cc1)[C@H]1CC=C[C@@H]21. The van der Waals surface area contributed by atoms with Gasteiger partial charge in [0.2, 0.25) is 0 Å². The molecule has 3 atom stereocenters. The van der Waals surface area contributed by atoms with Crippen LogP contribution in [0.25, 0.3) is 0 Å². The number of nitrogens with zero attached hydrogens (tertiary/aromatic N) is 1. The lowest BCUT2D eigenvalue weighted by molar-refractivity contribution is -0.384. The summed E-state index contributed by atoms with van der Waals surface area (Å²) in [4.78, 5) is 23.0. The van der Waals surface area contributed by atoms with E-state index in [1.54, 1.807) is 12.1 Å². The molecule has 0 radical (unpaired) electrons. The Morgan fingerprint density at radius 1 is 1.09 bits per heavy atom. The molecule has 7 heteroatoms. The van der Waals surface area contributed by atoms with E-state index in [1.807, 2.05) is 31.2 Å². The van der Waals surface area contributed by atoms with E-state index in [0.29, 0.717) is 24.7 Å². The van der Waals surface area contributed by atoms with E-state index < -0.39 is 4.92 Å². The van der Waals surface area contributed by atoms with Crippen molar-refractivity contribution >= 4 is 17.3 Å². The zero-order valence-corrected chi connectivity index (χ0v) is 19.3. The van der Waals surface area contributed by atoms with Gasteiger partial charge < -0.3 is 14.8 Å². The second-order valence-electron chi connectivity index (χ2n) is 8.75. The standard InChI is InChI=1S/C28H26N2O5/c1-2-34-28(31)25-8-4-7-24-22-5-3-6-23(22)26(29-27(24)25)19-11-15-21(16-12-19)35-17-18-9-13-20(14-10-18)30(32)33/h3-5,7-16,22-23,26,29H,2,6,17H2,1H3/t22-,23+,26+/m1/s1. The predicted molar refractivity (Wildman–Crippen MR) is 133 cm³/mol. The van der Waals surface area contributed by atoms with Gasteiger partial charge in [0.15, 0.2) is 0 Å². The number of fused-ring (bicyclic) bond motifs is 3. The van der Waals surface area contributed by atoms with Crippen molar-refractivity contribution in [2.75, 3.05) is 11.9 Å². The summed E-state index contributed by atoms with van der Waals surface area (Å²) in [5, 5.41) is 14.5. The van der Waals surface area contributed by atoms with Crippen molar-refractivity contribution in [3.63, 3.8) is 0 Å². The Hall–Kier alpha value is -4.13. The number of nitrogens with one attached hydrogen (secondary N) is 1. The highest BCUT2D eigenvalue weighted by Crippen LogP contribution is 2.50. The first-order chi connectivity index (χ1) is 17.0. The number of ether oxygens (including phenoxy) is 2. The van der Waals surface area contributed by atoms with Crippen molar-refractivity contribution in [2.45, 2.75) is 31.9 Å². The van der Waals surface area contributed by atoms with Crippen molar-refractivity contribution in [2.24, 2.45) is 5.92 Å². The molecular formula is C28H26N2O5. The first-order valence-corrected chi connectivity index (χ1v) is 11.7. The Balaban J connectivity index is 1.34. The van der Waals surface area contributed by atoms with E-state index in [2.05, 4.69) is 35.7 Å². The van der Waals surface area contributed by atoms with Crippen LogP contribution in [0.1, 0.15) is 52.4 Å². The van der Waals surface area contributed by atoms with Crippen LogP contribution >= 0.6 is 0 Å². The summed E-state index contributed by atoms with van der Waals surface area (Å²) in [7, 11) is 0. The van der Waals surface area contributed by atoms with Gasteiger partial charge in [-0.1, -0.05) is 36.4 Å². The van der Waals surface area contributed by atoms with Gasteiger partial charge in [0.1, 0.15) is 12.4 Å². The van der Waals surface area contributed by atoms with Crippen LogP contribution in [0.15, 0.2) is 78.9 Å². The summed E-state index contributed by atoms with van der Waals surface area (Å²) in [6.07, 6.45) is 5.43. The summed E-state index contributed by atoms with van der Waals surface area (Å²) < 4.78 is 11.2. The van der Waals surface area contributed by atoms with Gasteiger partial charge in [0, 0.05) is 18.1 Å². The highest BCUT2D eigenvalue weighted by atomic mass is 16.6. The third-order valence-electron chi connectivity index (χ3n) is 6.68. The van der Waals surface area contributed by atoms with E-state index in [1.165, 1.54) is 12.1 Å². The molecule has 3 aromatic rings. The number of para-hydroxylation sites is 1. The second kappa shape index (κ2) is 9.62. The predicted octanol–water partition coefficient (Wildman–Crippen LogP) is 6.18. The molecule has 0 fully saturated rings. The molecule has 1 heterocycles. The van der Waals surface area contributed by atoms with Crippen LogP contribution in [0.3, 0.4) is 0 Å². The molecule has 1 aliphatic carbocycles. The molecule has 0 spiro atoms. The van der Waals surface area contributed by atoms with Gasteiger partial charge in [-0.2, -0.15) is 0 Å². The van der Waals surface area contributed by atoms with Gasteiger partial charge in [0.05, 0.1) is 28.8 Å². The van der Waals surface area contributed by atoms with Gasteiger partial charge in [-0.05, 0) is 66.3 Å². The molecule has 2 aliphatic rings. The third-order valence-corrected chi connectivity index (χ3v) is 6.68. The Morgan fingerprint density at radius 3 is 2.57 bits per heavy atom. The van der Waals surface area contributed by atoms with Gasteiger partial charge in [-0.15, -0.1) is 0 Å². The molecule has 7 nitrogen and oxygen atoms in total. The quantitative estimate of drug-likeness (QED) is 0.192. The number of nitro benzene ring substituents is 1. The third kappa shape index (κ3) is 4.49. The molecule has 3 aromatic carbocycles. The van der Waals surface area contributed by atoms with Crippen LogP contribution in [-0.2, 0) is 11.3 Å². The Kier molecular flexibility index (Phi) is 6.23. The average Bonchev–Trinajstić information content (AvgIpc) is 3.38. The first kappa shape index (κ1) is 22.7. The molecule has 0 amide bonds. The fourth-order valence-corrected chi connectivity index (χ4v) is 4.98. The van der Waals surface area contributed by atoms with Crippen LogP contribution in [0.4, 0.5) is 11.4 Å². The fourth-order valence-electron chi connectivity index (χ4n) is 4.98. The number of rotatable bonds is 7. The number of benzene rings is 3. The number of esters is 1. The second-order valence-corrected chi connectivity index (χ2v) is 8.75. The number of nitro groups is 1. The summed E-state index contributed by atoms with van der Waals surface area (Å²) >= 11 is 0. The molecule has 0 saturated heterocycles. The lowest BCUT2D eigenvalue weighted by atomic mass is 9.76. The molecule has 35 heavy (non-hydrogen) atoms. The van der Waals surface area contributed by atoms with E-state index in [9.17, 15) is 14.9 Å². The molecule has 1 N–H and O–H groups in total. The molecule has 0 bridgehead atoms. The lowest BCUT2D eigenvalue weighted by Gasteiger charge is -2.38. The monoisotopic (exact) mass is 470 g/mol. The zero-order valence-electron chi connectivity index (χ0n) is 19.3. The van der Waals surface area contributed by atoms with Crippen LogP contribution in [0.5, 0.6) is 5.75 Å². The van der Waals surface area contributed by atoms with Crippen molar-refractivity contribution in [3.05, 3.63) is 111 Å². The van der Waals surface area contributed by atoms with Crippen LogP contribution < -0.4 is 10.1 Å². The van der Waals surface area contributed by atoms with E-state index in [-0.39, 0.29) is 23.6 Å². The number of non-ortho nitro benzene ring substituents is 1. The maximum absolute atomic E-state index is 12.6. The largest absolute Gasteiger partial charge is 0.489 e. The van der Waals surface area contributed by atoms with Gasteiger partial charge in [-0.25, -0.2) is 4.79 Å². The molecule has 0 saturated carbocycles. The van der Waals surface area contributed by atoms with Gasteiger partial charge in [0.25, 0.3) is 5.69 Å². The van der Waals surface area contributed by atoms with E-state index in [0.717, 1.165) is 34.5 Å².